The summed E-state index contributed by atoms with van der Waals surface area (Å²) in [5, 5.41) is 0.701. The van der Waals surface area contributed by atoms with Gasteiger partial charge < -0.3 is 9.64 Å². The van der Waals surface area contributed by atoms with Crippen molar-refractivity contribution in [2.45, 2.75) is 13.3 Å². The number of fused-ring (bicyclic) bond motifs is 1. The normalized spacial score (nSPS) is 10.9. The largest absolute Gasteiger partial charge is 0.492 e. The average Bonchev–Trinajstić information content (AvgIpc) is 3.22. The van der Waals surface area contributed by atoms with Gasteiger partial charge in [-0.05, 0) is 45.3 Å². The highest BCUT2D eigenvalue weighted by molar-refractivity contribution is 7.22. The lowest BCUT2D eigenvalue weighted by Crippen LogP contribution is -2.37. The van der Waals surface area contributed by atoms with E-state index >= 15 is 0 Å². The van der Waals surface area contributed by atoms with Crippen molar-refractivity contribution >= 4 is 67.9 Å². The number of para-hydroxylation sites is 1. The minimum Gasteiger partial charge on any atom is -0.492 e. The molecule has 0 N–H and O–H groups in total. The molecule has 0 aliphatic carbocycles. The molecule has 0 radical (unpaired) electrons. The number of aromatic nitrogens is 1. The topological polar surface area (TPSA) is 45.7 Å². The van der Waals surface area contributed by atoms with Crippen molar-refractivity contribution in [1.82, 2.24) is 9.88 Å². The molecule has 9 heteroatoms. The van der Waals surface area contributed by atoms with Gasteiger partial charge in [0.25, 0.3) is 0 Å². The van der Waals surface area contributed by atoms with Crippen LogP contribution in [0.5, 0.6) is 5.75 Å². The van der Waals surface area contributed by atoms with Crippen molar-refractivity contribution in [3.05, 3.63) is 39.5 Å². The van der Waals surface area contributed by atoms with Crippen molar-refractivity contribution in [2.24, 2.45) is 0 Å². The molecular formula is C19H23Cl2N3O2S2. The van der Waals surface area contributed by atoms with E-state index in [0.717, 1.165) is 27.4 Å². The molecular weight excluding hydrogens is 437 g/mol. The number of amides is 1. The van der Waals surface area contributed by atoms with Crippen LogP contribution in [0.3, 0.4) is 0 Å². The molecule has 3 rings (SSSR count). The maximum Gasteiger partial charge on any atom is 0.234 e. The van der Waals surface area contributed by atoms with Crippen LogP contribution in [0.15, 0.2) is 30.3 Å². The summed E-state index contributed by atoms with van der Waals surface area (Å²) in [5.74, 6) is 0.773. The van der Waals surface area contributed by atoms with Crippen LogP contribution in [-0.4, -0.2) is 49.6 Å². The minimum absolute atomic E-state index is 0. The predicted octanol–water partition coefficient (Wildman–Crippen LogP) is 4.97. The van der Waals surface area contributed by atoms with Gasteiger partial charge in [-0.15, -0.1) is 23.7 Å². The maximum absolute atomic E-state index is 13.0. The van der Waals surface area contributed by atoms with E-state index in [-0.39, 0.29) is 18.3 Å². The van der Waals surface area contributed by atoms with E-state index in [1.165, 1.54) is 22.7 Å². The highest BCUT2D eigenvalue weighted by atomic mass is 35.5. The number of halogens is 2. The average molecular weight is 460 g/mol. The Morgan fingerprint density at radius 2 is 1.96 bits per heavy atom. The first-order chi connectivity index (χ1) is 13.0. The molecule has 0 aliphatic heterocycles. The molecule has 152 valence electrons. The van der Waals surface area contributed by atoms with Crippen molar-refractivity contribution in [3.8, 4) is 5.75 Å². The number of carbonyl (C=O) groups excluding carboxylic acids is 1. The summed E-state index contributed by atoms with van der Waals surface area (Å²) in [6.07, 6.45) is 0.319. The predicted molar refractivity (Wildman–Crippen MR) is 122 cm³/mol. The summed E-state index contributed by atoms with van der Waals surface area (Å²) >= 11 is 8.96. The second kappa shape index (κ2) is 10.4. The number of benzene rings is 1. The SMILES string of the molecule is CCOc1cccc2sc(N(CCN(C)C)C(=O)Cc3ccc(Cl)s3)nc12.Cl. The van der Waals surface area contributed by atoms with Gasteiger partial charge in [0.15, 0.2) is 5.13 Å². The Labute approximate surface area is 184 Å². The molecule has 3 aromatic rings. The van der Waals surface area contributed by atoms with Crippen molar-refractivity contribution in [1.29, 1.82) is 0 Å². The van der Waals surface area contributed by atoms with Gasteiger partial charge in [0.2, 0.25) is 5.91 Å². The van der Waals surface area contributed by atoms with E-state index < -0.39 is 0 Å². The lowest BCUT2D eigenvalue weighted by molar-refractivity contribution is -0.118. The van der Waals surface area contributed by atoms with Gasteiger partial charge in [-0.1, -0.05) is 29.0 Å². The zero-order valence-corrected chi connectivity index (χ0v) is 19.2. The van der Waals surface area contributed by atoms with Crippen LogP contribution >= 0.6 is 46.7 Å². The number of anilines is 1. The van der Waals surface area contributed by atoms with Gasteiger partial charge in [0, 0.05) is 18.0 Å². The summed E-state index contributed by atoms with van der Waals surface area (Å²) in [6.45, 7) is 3.86. The third-order valence-electron chi connectivity index (χ3n) is 3.93. The van der Waals surface area contributed by atoms with Crippen LogP contribution in [0, 0.1) is 0 Å². The second-order valence-electron chi connectivity index (χ2n) is 6.26. The molecule has 0 aliphatic rings. The third kappa shape index (κ3) is 5.58. The Morgan fingerprint density at radius 3 is 2.61 bits per heavy atom. The monoisotopic (exact) mass is 459 g/mol. The fourth-order valence-electron chi connectivity index (χ4n) is 2.62. The van der Waals surface area contributed by atoms with Crippen LogP contribution in [-0.2, 0) is 11.2 Å². The van der Waals surface area contributed by atoms with E-state index in [4.69, 9.17) is 21.3 Å². The lowest BCUT2D eigenvalue weighted by atomic mass is 10.3. The molecule has 0 fully saturated rings. The van der Waals surface area contributed by atoms with Crippen molar-refractivity contribution in [3.63, 3.8) is 0 Å². The van der Waals surface area contributed by atoms with E-state index in [2.05, 4.69) is 4.90 Å². The second-order valence-corrected chi connectivity index (χ2v) is 9.07. The van der Waals surface area contributed by atoms with Crippen molar-refractivity contribution in [2.75, 3.05) is 38.7 Å². The van der Waals surface area contributed by atoms with Gasteiger partial charge in [-0.3, -0.25) is 9.69 Å². The smallest absolute Gasteiger partial charge is 0.234 e. The molecule has 0 saturated carbocycles. The summed E-state index contributed by atoms with van der Waals surface area (Å²) in [6, 6.07) is 9.60. The number of thiazole rings is 1. The van der Waals surface area contributed by atoms with Crippen molar-refractivity contribution < 1.29 is 9.53 Å². The summed E-state index contributed by atoms with van der Waals surface area (Å²) < 4.78 is 7.39. The summed E-state index contributed by atoms with van der Waals surface area (Å²) in [7, 11) is 3.99. The number of hydrogen-bond acceptors (Lipinski definition) is 6. The highest BCUT2D eigenvalue weighted by Gasteiger charge is 2.21. The quantitative estimate of drug-likeness (QED) is 0.476. The summed E-state index contributed by atoms with van der Waals surface area (Å²) in [5.41, 5.74) is 0.807. The molecule has 1 aromatic carbocycles. The van der Waals surface area contributed by atoms with Crippen LogP contribution in [0.1, 0.15) is 11.8 Å². The number of rotatable bonds is 8. The number of hydrogen-bond donors (Lipinski definition) is 0. The fourth-order valence-corrected chi connectivity index (χ4v) is 4.72. The summed E-state index contributed by atoms with van der Waals surface area (Å²) in [4.78, 5) is 22.5. The molecule has 1 amide bonds. The van der Waals surface area contributed by atoms with Crippen LogP contribution in [0.2, 0.25) is 4.34 Å². The lowest BCUT2D eigenvalue weighted by Gasteiger charge is -2.21. The molecule has 28 heavy (non-hydrogen) atoms. The van der Waals surface area contributed by atoms with Gasteiger partial charge in [0.1, 0.15) is 11.3 Å². The Bertz CT molecular complexity index is 927. The molecule has 0 spiro atoms. The molecule has 0 saturated heterocycles. The fraction of sp³-hybridized carbons (Fsp3) is 0.368. The van der Waals surface area contributed by atoms with Gasteiger partial charge >= 0.3 is 0 Å². The minimum atomic E-state index is 0. The number of likely N-dealkylation sites (N-methyl/N-ethyl adjacent to an activating group) is 1. The number of thiophene rings is 1. The molecule has 0 unspecified atom stereocenters. The van der Waals surface area contributed by atoms with E-state index in [9.17, 15) is 4.79 Å². The Hall–Kier alpha value is -1.38. The van der Waals surface area contributed by atoms with Crippen LogP contribution in [0.4, 0.5) is 5.13 Å². The number of nitrogens with zero attached hydrogens (tertiary/aromatic N) is 3. The van der Waals surface area contributed by atoms with E-state index in [1.807, 2.05) is 51.4 Å². The first kappa shape index (κ1) is 22.9. The molecule has 0 bridgehead atoms. The van der Waals surface area contributed by atoms with Crippen LogP contribution in [0.25, 0.3) is 10.2 Å². The Balaban J connectivity index is 0.00000280. The Morgan fingerprint density at radius 1 is 1.18 bits per heavy atom. The standard InChI is InChI=1S/C19H22ClN3O2S2.ClH/c1-4-25-14-6-5-7-15-18(14)21-19(27-15)23(11-10-22(2)3)17(24)12-13-8-9-16(20)26-13;/h5-9H,4,10-12H2,1-3H3;1H. The molecule has 2 aromatic heterocycles. The molecule has 2 heterocycles. The van der Waals surface area contributed by atoms with Gasteiger partial charge in [-0.2, -0.15) is 0 Å². The zero-order chi connectivity index (χ0) is 19.4. The molecule has 0 atom stereocenters. The third-order valence-corrected chi connectivity index (χ3v) is 6.20. The zero-order valence-electron chi connectivity index (χ0n) is 16.0. The first-order valence-electron chi connectivity index (χ1n) is 8.69. The van der Waals surface area contributed by atoms with E-state index in [1.54, 1.807) is 4.90 Å². The van der Waals surface area contributed by atoms with E-state index in [0.29, 0.717) is 29.0 Å². The highest BCUT2D eigenvalue weighted by Crippen LogP contribution is 2.34. The molecule has 5 nitrogen and oxygen atoms in total. The van der Waals surface area contributed by atoms with Crippen LogP contribution < -0.4 is 9.64 Å². The number of carbonyl (C=O) groups is 1. The van der Waals surface area contributed by atoms with Gasteiger partial charge in [0.05, 0.1) is 22.1 Å². The van der Waals surface area contributed by atoms with Gasteiger partial charge in [-0.25, -0.2) is 4.98 Å². The maximum atomic E-state index is 13.0. The first-order valence-corrected chi connectivity index (χ1v) is 10.7. The number of ether oxygens (including phenoxy) is 1. The Kier molecular flexibility index (Phi) is 8.52.